The lowest BCUT2D eigenvalue weighted by molar-refractivity contribution is 0.0861. The summed E-state index contributed by atoms with van der Waals surface area (Å²) < 4.78 is 0. The van der Waals surface area contributed by atoms with Crippen molar-refractivity contribution < 1.29 is 10.2 Å². The summed E-state index contributed by atoms with van der Waals surface area (Å²) in [5.74, 6) is 6.32. The maximum absolute atomic E-state index is 9.94. The molecule has 2 heteroatoms. The fraction of sp³-hybridized carbons (Fsp3) is 0.833. The Morgan fingerprint density at radius 3 is 1.36 bits per heavy atom. The number of aliphatic hydroxyl groups is 2. The van der Waals surface area contributed by atoms with Crippen molar-refractivity contribution in [1.82, 2.24) is 0 Å². The summed E-state index contributed by atoms with van der Waals surface area (Å²) in [5, 5.41) is 19.9. The van der Waals surface area contributed by atoms with E-state index in [4.69, 9.17) is 0 Å². The third kappa shape index (κ3) is 2.10. The Bertz CT molecular complexity index is 257. The van der Waals surface area contributed by atoms with Crippen molar-refractivity contribution in [1.29, 1.82) is 0 Å². The van der Waals surface area contributed by atoms with Crippen LogP contribution in [0.25, 0.3) is 0 Å². The van der Waals surface area contributed by atoms with Crippen LogP contribution in [0.4, 0.5) is 0 Å². The minimum absolute atomic E-state index is 0.324. The third-order valence-electron chi connectivity index (χ3n) is 3.31. The Morgan fingerprint density at radius 1 is 0.857 bits per heavy atom. The van der Waals surface area contributed by atoms with Crippen molar-refractivity contribution in [3.8, 4) is 11.8 Å². The van der Waals surface area contributed by atoms with Gasteiger partial charge in [-0.1, -0.05) is 11.8 Å². The molecule has 0 aliphatic heterocycles. The molecule has 2 N–H and O–H groups in total. The predicted molar refractivity (Wildman–Crippen MR) is 54.5 cm³/mol. The summed E-state index contributed by atoms with van der Waals surface area (Å²) >= 11 is 0. The fourth-order valence-electron chi connectivity index (χ4n) is 1.75. The SMILES string of the molecule is CC(O)(C#CC(C)(O)C1CC1)C1CC1. The third-order valence-corrected chi connectivity index (χ3v) is 3.31. The van der Waals surface area contributed by atoms with Gasteiger partial charge in [0.15, 0.2) is 0 Å². The van der Waals surface area contributed by atoms with Gasteiger partial charge in [0.05, 0.1) is 0 Å². The molecule has 2 unspecified atom stereocenters. The Balaban J connectivity index is 2.03. The first-order chi connectivity index (χ1) is 6.42. The molecule has 2 saturated carbocycles. The first kappa shape index (κ1) is 10.0. The molecule has 0 bridgehead atoms. The number of hydrogen-bond donors (Lipinski definition) is 2. The van der Waals surface area contributed by atoms with E-state index in [2.05, 4.69) is 11.8 Å². The van der Waals surface area contributed by atoms with Gasteiger partial charge in [0.25, 0.3) is 0 Å². The summed E-state index contributed by atoms with van der Waals surface area (Å²) in [4.78, 5) is 0. The van der Waals surface area contributed by atoms with Crippen LogP contribution in [0.2, 0.25) is 0 Å². The van der Waals surface area contributed by atoms with Crippen LogP contribution in [-0.2, 0) is 0 Å². The Kier molecular flexibility index (Phi) is 2.13. The van der Waals surface area contributed by atoms with E-state index in [0.717, 1.165) is 25.7 Å². The molecule has 0 aromatic rings. The van der Waals surface area contributed by atoms with Gasteiger partial charge in [-0.25, -0.2) is 0 Å². The van der Waals surface area contributed by atoms with Crippen LogP contribution in [0.1, 0.15) is 39.5 Å². The fourth-order valence-corrected chi connectivity index (χ4v) is 1.75. The van der Waals surface area contributed by atoms with Crippen LogP contribution < -0.4 is 0 Å². The van der Waals surface area contributed by atoms with Crippen LogP contribution >= 0.6 is 0 Å². The largest absolute Gasteiger partial charge is 0.378 e. The van der Waals surface area contributed by atoms with Gasteiger partial charge in [-0.15, -0.1) is 0 Å². The first-order valence-electron chi connectivity index (χ1n) is 5.41. The van der Waals surface area contributed by atoms with Crippen LogP contribution in [0.15, 0.2) is 0 Å². The van der Waals surface area contributed by atoms with E-state index < -0.39 is 11.2 Å². The van der Waals surface area contributed by atoms with Crippen molar-refractivity contribution in [2.45, 2.75) is 50.7 Å². The van der Waals surface area contributed by atoms with Gasteiger partial charge < -0.3 is 10.2 Å². The molecule has 2 fully saturated rings. The first-order valence-corrected chi connectivity index (χ1v) is 5.41. The van der Waals surface area contributed by atoms with E-state index in [1.54, 1.807) is 13.8 Å². The van der Waals surface area contributed by atoms with E-state index in [1.165, 1.54) is 0 Å². The lowest BCUT2D eigenvalue weighted by atomic mass is 9.96. The topological polar surface area (TPSA) is 40.5 Å². The lowest BCUT2D eigenvalue weighted by Crippen LogP contribution is -2.29. The van der Waals surface area contributed by atoms with Gasteiger partial charge >= 0.3 is 0 Å². The molecule has 0 aromatic carbocycles. The van der Waals surface area contributed by atoms with E-state index >= 15 is 0 Å². The molecule has 2 rings (SSSR count). The number of rotatable bonds is 2. The highest BCUT2D eigenvalue weighted by Gasteiger charge is 2.41. The van der Waals surface area contributed by atoms with Crippen LogP contribution in [-0.4, -0.2) is 21.4 Å². The molecule has 78 valence electrons. The highest BCUT2D eigenvalue weighted by molar-refractivity contribution is 5.24. The minimum Gasteiger partial charge on any atom is -0.378 e. The van der Waals surface area contributed by atoms with Crippen molar-refractivity contribution in [3.63, 3.8) is 0 Å². The van der Waals surface area contributed by atoms with Gasteiger partial charge in [0.1, 0.15) is 11.2 Å². The van der Waals surface area contributed by atoms with Crippen LogP contribution in [0.3, 0.4) is 0 Å². The second kappa shape index (κ2) is 2.98. The van der Waals surface area contributed by atoms with Gasteiger partial charge in [0, 0.05) is 0 Å². The molecule has 0 radical (unpaired) electrons. The maximum atomic E-state index is 9.94. The molecule has 2 atom stereocenters. The normalized spacial score (nSPS) is 29.7. The molecule has 2 aliphatic carbocycles. The molecule has 0 amide bonds. The molecule has 0 spiro atoms. The molecule has 0 heterocycles. The van der Waals surface area contributed by atoms with Crippen molar-refractivity contribution in [2.75, 3.05) is 0 Å². The summed E-state index contributed by atoms with van der Waals surface area (Å²) in [6.07, 6.45) is 4.25. The van der Waals surface area contributed by atoms with E-state index in [9.17, 15) is 10.2 Å². The monoisotopic (exact) mass is 194 g/mol. The summed E-state index contributed by atoms with van der Waals surface area (Å²) in [5.41, 5.74) is -1.78. The molecule has 0 saturated heterocycles. The zero-order chi connectivity index (χ0) is 10.4. The Labute approximate surface area is 85.3 Å². The predicted octanol–water partition coefficient (Wildman–Crippen LogP) is 1.31. The Morgan fingerprint density at radius 2 is 1.14 bits per heavy atom. The molecule has 2 aliphatic rings. The van der Waals surface area contributed by atoms with Gasteiger partial charge in [-0.05, 0) is 51.4 Å². The van der Waals surface area contributed by atoms with Gasteiger partial charge in [0.2, 0.25) is 0 Å². The smallest absolute Gasteiger partial charge is 0.125 e. The molecular weight excluding hydrogens is 176 g/mol. The van der Waals surface area contributed by atoms with E-state index in [0.29, 0.717) is 11.8 Å². The average Bonchev–Trinajstić information content (AvgIpc) is 2.85. The number of hydrogen-bond acceptors (Lipinski definition) is 2. The quantitative estimate of drug-likeness (QED) is 0.651. The van der Waals surface area contributed by atoms with Crippen LogP contribution in [0, 0.1) is 23.7 Å². The molecule has 14 heavy (non-hydrogen) atoms. The highest BCUT2D eigenvalue weighted by Crippen LogP contribution is 2.41. The second-order valence-electron chi connectivity index (χ2n) is 5.09. The lowest BCUT2D eigenvalue weighted by Gasteiger charge is -2.18. The van der Waals surface area contributed by atoms with Gasteiger partial charge in [-0.3, -0.25) is 0 Å². The average molecular weight is 194 g/mol. The molecule has 0 aromatic heterocycles. The highest BCUT2D eigenvalue weighted by atomic mass is 16.3. The maximum Gasteiger partial charge on any atom is 0.125 e. The van der Waals surface area contributed by atoms with Crippen molar-refractivity contribution >= 4 is 0 Å². The molecule has 2 nitrogen and oxygen atoms in total. The summed E-state index contributed by atoms with van der Waals surface area (Å²) in [6, 6.07) is 0. The van der Waals surface area contributed by atoms with Crippen molar-refractivity contribution in [3.05, 3.63) is 0 Å². The second-order valence-corrected chi connectivity index (χ2v) is 5.09. The van der Waals surface area contributed by atoms with Crippen LogP contribution in [0.5, 0.6) is 0 Å². The zero-order valence-electron chi connectivity index (χ0n) is 8.88. The standard InChI is InChI=1S/C12H18O2/c1-11(13,9-3-4-9)7-8-12(2,14)10-5-6-10/h9-10,13-14H,3-6H2,1-2H3. The zero-order valence-corrected chi connectivity index (χ0v) is 8.88. The summed E-state index contributed by atoms with van der Waals surface area (Å²) in [6.45, 7) is 3.50. The molecular formula is C12H18O2. The Hall–Kier alpha value is -0.520. The van der Waals surface area contributed by atoms with E-state index in [1.807, 2.05) is 0 Å². The van der Waals surface area contributed by atoms with Crippen molar-refractivity contribution in [2.24, 2.45) is 11.8 Å². The van der Waals surface area contributed by atoms with Gasteiger partial charge in [-0.2, -0.15) is 0 Å². The minimum atomic E-state index is -0.890. The summed E-state index contributed by atoms with van der Waals surface area (Å²) in [7, 11) is 0. The van der Waals surface area contributed by atoms with E-state index in [-0.39, 0.29) is 0 Å².